The third kappa shape index (κ3) is 1.21. The summed E-state index contributed by atoms with van der Waals surface area (Å²) in [5.74, 6) is -1.54. The Morgan fingerprint density at radius 2 is 2.21 bits per heavy atom. The molecule has 0 aliphatic heterocycles. The van der Waals surface area contributed by atoms with Gasteiger partial charge in [0.25, 0.3) is 0 Å². The fourth-order valence-electron chi connectivity index (χ4n) is 1.34. The molecule has 0 atom stereocenters. The van der Waals surface area contributed by atoms with Crippen molar-refractivity contribution in [2.75, 3.05) is 0 Å². The molecule has 1 heterocycles. The number of rotatable bonds is 1. The molecule has 1 aromatic carbocycles. The molecule has 2 rings (SSSR count). The van der Waals surface area contributed by atoms with Gasteiger partial charge in [0, 0.05) is 16.1 Å². The van der Waals surface area contributed by atoms with Gasteiger partial charge in [-0.25, -0.2) is 9.18 Å². The second-order valence-electron chi connectivity index (χ2n) is 2.79. The fourth-order valence-corrected chi connectivity index (χ4v) is 1.89. The minimum Gasteiger partial charge on any atom is -0.478 e. The van der Waals surface area contributed by atoms with Crippen LogP contribution in [0.2, 0.25) is 0 Å². The normalized spacial score (nSPS) is 10.7. The summed E-state index contributed by atoms with van der Waals surface area (Å²) in [6.45, 7) is 0. The van der Waals surface area contributed by atoms with Crippen LogP contribution in [0.25, 0.3) is 10.9 Å². The van der Waals surface area contributed by atoms with Crippen molar-refractivity contribution in [1.29, 1.82) is 0 Å². The zero-order chi connectivity index (χ0) is 10.3. The quantitative estimate of drug-likeness (QED) is 0.826. The molecule has 0 aliphatic rings. The standard InChI is InChI=1S/C9H5BrFNO2/c10-5-1-2-6(11)8-7(5)4(3-12-8)9(13)14/h1-3,12H,(H,13,14). The zero-order valence-electron chi connectivity index (χ0n) is 6.84. The number of nitrogens with one attached hydrogen (secondary N) is 1. The average molecular weight is 258 g/mol. The first-order chi connectivity index (χ1) is 6.61. The van der Waals surface area contributed by atoms with Gasteiger partial charge in [0.1, 0.15) is 5.82 Å². The molecule has 0 fully saturated rings. The van der Waals surface area contributed by atoms with E-state index in [1.54, 1.807) is 0 Å². The van der Waals surface area contributed by atoms with Gasteiger partial charge in [-0.1, -0.05) is 15.9 Å². The Labute approximate surface area is 86.7 Å². The molecule has 0 spiro atoms. The van der Waals surface area contributed by atoms with Crippen LogP contribution in [0.4, 0.5) is 4.39 Å². The van der Waals surface area contributed by atoms with Crippen LogP contribution in [0.15, 0.2) is 22.8 Å². The number of aromatic nitrogens is 1. The van der Waals surface area contributed by atoms with Gasteiger partial charge < -0.3 is 10.1 Å². The minimum atomic E-state index is -1.08. The van der Waals surface area contributed by atoms with E-state index < -0.39 is 11.8 Å². The number of carboxylic acid groups (broad SMARTS) is 1. The van der Waals surface area contributed by atoms with E-state index in [0.717, 1.165) is 0 Å². The molecule has 0 bridgehead atoms. The Kier molecular flexibility index (Phi) is 2.03. The number of hydrogen-bond acceptors (Lipinski definition) is 1. The van der Waals surface area contributed by atoms with Crippen LogP contribution >= 0.6 is 15.9 Å². The van der Waals surface area contributed by atoms with Gasteiger partial charge >= 0.3 is 5.97 Å². The summed E-state index contributed by atoms with van der Waals surface area (Å²) in [6, 6.07) is 2.76. The Hall–Kier alpha value is -1.36. The number of aromatic amines is 1. The molecule has 72 valence electrons. The summed E-state index contributed by atoms with van der Waals surface area (Å²) in [7, 11) is 0. The van der Waals surface area contributed by atoms with E-state index in [4.69, 9.17) is 5.11 Å². The number of H-pyrrole nitrogens is 1. The van der Waals surface area contributed by atoms with E-state index in [2.05, 4.69) is 20.9 Å². The lowest BCUT2D eigenvalue weighted by atomic mass is 10.2. The number of benzene rings is 1. The van der Waals surface area contributed by atoms with Crippen molar-refractivity contribution in [3.63, 3.8) is 0 Å². The first kappa shape index (κ1) is 9.21. The second kappa shape index (κ2) is 3.09. The van der Waals surface area contributed by atoms with E-state index >= 15 is 0 Å². The first-order valence-electron chi connectivity index (χ1n) is 3.79. The molecular weight excluding hydrogens is 253 g/mol. The van der Waals surface area contributed by atoms with E-state index in [0.29, 0.717) is 9.86 Å². The van der Waals surface area contributed by atoms with Crippen molar-refractivity contribution in [3.05, 3.63) is 34.2 Å². The number of fused-ring (bicyclic) bond motifs is 1. The Balaban J connectivity index is 2.90. The zero-order valence-corrected chi connectivity index (χ0v) is 8.43. The fraction of sp³-hybridized carbons (Fsp3) is 0. The number of halogens is 2. The van der Waals surface area contributed by atoms with Crippen molar-refractivity contribution in [2.24, 2.45) is 0 Å². The maximum atomic E-state index is 13.2. The molecule has 1 aromatic heterocycles. The van der Waals surface area contributed by atoms with Crippen molar-refractivity contribution >= 4 is 32.8 Å². The van der Waals surface area contributed by atoms with Gasteiger partial charge in [-0.3, -0.25) is 0 Å². The number of hydrogen-bond donors (Lipinski definition) is 2. The average Bonchev–Trinajstić information content (AvgIpc) is 2.56. The molecule has 2 aromatic rings. The summed E-state index contributed by atoms with van der Waals surface area (Å²) in [5.41, 5.74) is 0.267. The lowest BCUT2D eigenvalue weighted by Gasteiger charge is -1.97. The molecular formula is C9H5BrFNO2. The molecule has 3 nitrogen and oxygen atoms in total. The predicted molar refractivity (Wildman–Crippen MR) is 52.9 cm³/mol. The van der Waals surface area contributed by atoms with Gasteiger partial charge in [-0.05, 0) is 12.1 Å². The highest BCUT2D eigenvalue weighted by atomic mass is 79.9. The van der Waals surface area contributed by atoms with Crippen molar-refractivity contribution in [1.82, 2.24) is 4.98 Å². The smallest absolute Gasteiger partial charge is 0.337 e. The summed E-state index contributed by atoms with van der Waals surface area (Å²) < 4.78 is 13.8. The van der Waals surface area contributed by atoms with E-state index in [1.807, 2.05) is 0 Å². The molecule has 0 saturated carbocycles. The van der Waals surface area contributed by atoms with Gasteiger partial charge in [-0.2, -0.15) is 0 Å². The Morgan fingerprint density at radius 3 is 2.86 bits per heavy atom. The Bertz CT molecular complexity index is 521. The predicted octanol–water partition coefficient (Wildman–Crippen LogP) is 2.77. The van der Waals surface area contributed by atoms with Crippen molar-refractivity contribution in [3.8, 4) is 0 Å². The van der Waals surface area contributed by atoms with E-state index in [9.17, 15) is 9.18 Å². The van der Waals surface area contributed by atoms with Crippen LogP contribution in [0.3, 0.4) is 0 Å². The monoisotopic (exact) mass is 257 g/mol. The Morgan fingerprint density at radius 1 is 1.50 bits per heavy atom. The summed E-state index contributed by atoms with van der Waals surface area (Å²) in [4.78, 5) is 13.4. The van der Waals surface area contributed by atoms with Crippen LogP contribution in [-0.2, 0) is 0 Å². The summed E-state index contributed by atoms with van der Waals surface area (Å²) in [6.07, 6.45) is 1.28. The largest absolute Gasteiger partial charge is 0.478 e. The SMILES string of the molecule is O=C(O)c1c[nH]c2c(F)ccc(Br)c12. The molecule has 2 N–H and O–H groups in total. The van der Waals surface area contributed by atoms with E-state index in [-0.39, 0.29) is 11.1 Å². The second-order valence-corrected chi connectivity index (χ2v) is 3.64. The van der Waals surface area contributed by atoms with Gasteiger partial charge in [-0.15, -0.1) is 0 Å². The number of aromatic carboxylic acids is 1. The molecule has 0 aliphatic carbocycles. The number of carboxylic acids is 1. The van der Waals surface area contributed by atoms with Gasteiger partial charge in [0.05, 0.1) is 11.1 Å². The molecule has 5 heteroatoms. The lowest BCUT2D eigenvalue weighted by Crippen LogP contribution is -1.94. The molecule has 0 saturated heterocycles. The third-order valence-electron chi connectivity index (χ3n) is 1.96. The van der Waals surface area contributed by atoms with Crippen molar-refractivity contribution < 1.29 is 14.3 Å². The third-order valence-corrected chi connectivity index (χ3v) is 2.63. The number of carbonyl (C=O) groups is 1. The van der Waals surface area contributed by atoms with Crippen LogP contribution < -0.4 is 0 Å². The van der Waals surface area contributed by atoms with Crippen LogP contribution in [-0.4, -0.2) is 16.1 Å². The van der Waals surface area contributed by atoms with Crippen LogP contribution in [0, 0.1) is 5.82 Å². The minimum absolute atomic E-state index is 0.0615. The molecule has 14 heavy (non-hydrogen) atoms. The summed E-state index contributed by atoms with van der Waals surface area (Å²) >= 11 is 3.18. The van der Waals surface area contributed by atoms with Crippen molar-refractivity contribution in [2.45, 2.75) is 0 Å². The maximum Gasteiger partial charge on any atom is 0.337 e. The highest BCUT2D eigenvalue weighted by Crippen LogP contribution is 2.28. The van der Waals surface area contributed by atoms with Crippen LogP contribution in [0.1, 0.15) is 10.4 Å². The van der Waals surface area contributed by atoms with Gasteiger partial charge in [0.2, 0.25) is 0 Å². The highest BCUT2D eigenvalue weighted by Gasteiger charge is 2.15. The van der Waals surface area contributed by atoms with Gasteiger partial charge in [0.15, 0.2) is 0 Å². The summed E-state index contributed by atoms with van der Waals surface area (Å²) in [5, 5.41) is 9.18. The molecule has 0 unspecified atom stereocenters. The topological polar surface area (TPSA) is 53.1 Å². The molecule has 0 radical (unpaired) electrons. The first-order valence-corrected chi connectivity index (χ1v) is 4.59. The highest BCUT2D eigenvalue weighted by molar-refractivity contribution is 9.10. The maximum absolute atomic E-state index is 13.2. The van der Waals surface area contributed by atoms with Crippen LogP contribution in [0.5, 0.6) is 0 Å². The lowest BCUT2D eigenvalue weighted by molar-refractivity contribution is 0.0699. The van der Waals surface area contributed by atoms with E-state index in [1.165, 1.54) is 18.3 Å². The molecule has 0 amide bonds.